The molecule has 1 aliphatic carbocycles. The van der Waals surface area contributed by atoms with Gasteiger partial charge in [0, 0.05) is 12.6 Å². The minimum Gasteiger partial charge on any atom is -0.313 e. The summed E-state index contributed by atoms with van der Waals surface area (Å²) in [6.07, 6.45) is 5.31. The van der Waals surface area contributed by atoms with Gasteiger partial charge < -0.3 is 5.32 Å². The van der Waals surface area contributed by atoms with Crippen LogP contribution in [0.3, 0.4) is 0 Å². The fraction of sp³-hybridized carbons (Fsp3) is 0.684. The van der Waals surface area contributed by atoms with Gasteiger partial charge in [-0.1, -0.05) is 64.8 Å². The summed E-state index contributed by atoms with van der Waals surface area (Å²) in [5.41, 5.74) is 2.98. The maximum Gasteiger partial charge on any atom is 0.00684 e. The van der Waals surface area contributed by atoms with E-state index in [1.807, 2.05) is 0 Å². The Hall–Kier alpha value is -0.820. The molecule has 1 saturated carbocycles. The van der Waals surface area contributed by atoms with E-state index >= 15 is 0 Å². The molecule has 1 heteroatoms. The number of hydrogen-bond donors (Lipinski definition) is 1. The summed E-state index contributed by atoms with van der Waals surface area (Å²) in [4.78, 5) is 0. The predicted octanol–water partition coefficient (Wildman–Crippen LogP) is 5.08. The summed E-state index contributed by atoms with van der Waals surface area (Å²) in [5.74, 6) is 2.10. The topological polar surface area (TPSA) is 12.0 Å². The number of rotatable bonds is 8. The molecule has 1 fully saturated rings. The Labute approximate surface area is 125 Å². The fourth-order valence-electron chi connectivity index (χ4n) is 3.12. The van der Waals surface area contributed by atoms with Gasteiger partial charge in [-0.25, -0.2) is 0 Å². The van der Waals surface area contributed by atoms with Crippen molar-refractivity contribution in [2.75, 3.05) is 6.54 Å². The molecule has 0 amide bonds. The molecule has 2 rings (SSSR count). The summed E-state index contributed by atoms with van der Waals surface area (Å²) in [7, 11) is 0. The van der Waals surface area contributed by atoms with Gasteiger partial charge in [0.2, 0.25) is 0 Å². The summed E-state index contributed by atoms with van der Waals surface area (Å²) in [6, 6.07) is 10.2. The Balaban J connectivity index is 2.10. The highest BCUT2D eigenvalue weighted by Gasteiger charge is 2.25. The Kier molecular flexibility index (Phi) is 5.65. The van der Waals surface area contributed by atoms with Gasteiger partial charge in [0.15, 0.2) is 0 Å². The third-order valence-electron chi connectivity index (χ3n) is 4.85. The number of nitrogens with one attached hydrogen (secondary N) is 1. The first-order valence-electron chi connectivity index (χ1n) is 8.48. The Morgan fingerprint density at radius 3 is 2.00 bits per heavy atom. The summed E-state index contributed by atoms with van der Waals surface area (Å²) in [5, 5.41) is 3.74. The molecular weight excluding hydrogens is 242 g/mol. The van der Waals surface area contributed by atoms with Crippen LogP contribution in [0.5, 0.6) is 0 Å². The van der Waals surface area contributed by atoms with Gasteiger partial charge in [0.1, 0.15) is 0 Å². The lowest BCUT2D eigenvalue weighted by Crippen LogP contribution is -2.28. The van der Waals surface area contributed by atoms with Crippen molar-refractivity contribution in [1.82, 2.24) is 5.32 Å². The minimum atomic E-state index is 0.625. The van der Waals surface area contributed by atoms with E-state index < -0.39 is 0 Å². The van der Waals surface area contributed by atoms with Crippen LogP contribution in [-0.2, 0) is 0 Å². The van der Waals surface area contributed by atoms with E-state index in [9.17, 15) is 0 Å². The van der Waals surface area contributed by atoms with E-state index in [-0.39, 0.29) is 0 Å². The second-order valence-corrected chi connectivity index (χ2v) is 6.69. The molecule has 0 radical (unpaired) electrons. The van der Waals surface area contributed by atoms with E-state index in [2.05, 4.69) is 57.3 Å². The summed E-state index contributed by atoms with van der Waals surface area (Å²) in [6.45, 7) is 10.4. The molecule has 1 atom stereocenters. The largest absolute Gasteiger partial charge is 0.313 e. The molecule has 0 aliphatic heterocycles. The van der Waals surface area contributed by atoms with Gasteiger partial charge in [-0.3, -0.25) is 0 Å². The van der Waals surface area contributed by atoms with E-state index in [0.717, 1.165) is 18.5 Å². The Morgan fingerprint density at radius 1 is 1.00 bits per heavy atom. The SMILES string of the molecule is CCC(CC)C(CNC1CC1)c1ccc(C(C)C)cc1. The van der Waals surface area contributed by atoms with Gasteiger partial charge in [0.25, 0.3) is 0 Å². The molecule has 0 heterocycles. The molecule has 1 aliphatic rings. The lowest BCUT2D eigenvalue weighted by atomic mass is 9.82. The van der Waals surface area contributed by atoms with Gasteiger partial charge in [0.05, 0.1) is 0 Å². The third-order valence-corrected chi connectivity index (χ3v) is 4.85. The van der Waals surface area contributed by atoms with Crippen LogP contribution >= 0.6 is 0 Å². The highest BCUT2D eigenvalue weighted by Crippen LogP contribution is 2.31. The number of hydrogen-bond acceptors (Lipinski definition) is 1. The highest BCUT2D eigenvalue weighted by molar-refractivity contribution is 5.28. The van der Waals surface area contributed by atoms with Crippen molar-refractivity contribution in [2.45, 2.75) is 71.3 Å². The standard InChI is InChI=1S/C19H31N/c1-5-15(6-2)19(13-20-18-11-12-18)17-9-7-16(8-10-17)14(3)4/h7-10,14-15,18-20H,5-6,11-13H2,1-4H3. The molecule has 0 aromatic heterocycles. The van der Waals surface area contributed by atoms with E-state index in [1.165, 1.54) is 36.8 Å². The van der Waals surface area contributed by atoms with Crippen LogP contribution in [0.2, 0.25) is 0 Å². The van der Waals surface area contributed by atoms with Crippen molar-refractivity contribution in [3.05, 3.63) is 35.4 Å². The van der Waals surface area contributed by atoms with Crippen LogP contribution in [0.25, 0.3) is 0 Å². The molecule has 1 aromatic carbocycles. The molecule has 0 bridgehead atoms. The predicted molar refractivity (Wildman–Crippen MR) is 88.4 cm³/mol. The van der Waals surface area contributed by atoms with Gasteiger partial charge in [-0.2, -0.15) is 0 Å². The van der Waals surface area contributed by atoms with Crippen LogP contribution in [0.15, 0.2) is 24.3 Å². The van der Waals surface area contributed by atoms with E-state index in [4.69, 9.17) is 0 Å². The molecule has 0 spiro atoms. The first-order valence-corrected chi connectivity index (χ1v) is 8.48. The lowest BCUT2D eigenvalue weighted by molar-refractivity contribution is 0.379. The van der Waals surface area contributed by atoms with Gasteiger partial charge >= 0.3 is 0 Å². The van der Waals surface area contributed by atoms with Crippen molar-refractivity contribution in [3.63, 3.8) is 0 Å². The van der Waals surface area contributed by atoms with Crippen molar-refractivity contribution in [1.29, 1.82) is 0 Å². The van der Waals surface area contributed by atoms with E-state index in [0.29, 0.717) is 11.8 Å². The zero-order valence-electron chi connectivity index (χ0n) is 13.7. The number of benzene rings is 1. The highest BCUT2D eigenvalue weighted by atomic mass is 14.9. The van der Waals surface area contributed by atoms with E-state index in [1.54, 1.807) is 0 Å². The molecule has 1 unspecified atom stereocenters. The molecule has 0 saturated heterocycles. The molecule has 112 valence electrons. The minimum absolute atomic E-state index is 0.625. The maximum atomic E-state index is 3.74. The lowest BCUT2D eigenvalue weighted by Gasteiger charge is -2.26. The molecule has 1 N–H and O–H groups in total. The molecular formula is C19H31N. The maximum absolute atomic E-state index is 3.74. The average molecular weight is 273 g/mol. The van der Waals surface area contributed by atoms with Crippen molar-refractivity contribution in [3.8, 4) is 0 Å². The molecule has 1 aromatic rings. The first kappa shape index (κ1) is 15.6. The first-order chi connectivity index (χ1) is 9.65. The van der Waals surface area contributed by atoms with Crippen LogP contribution in [0.4, 0.5) is 0 Å². The fourth-order valence-corrected chi connectivity index (χ4v) is 3.12. The second-order valence-electron chi connectivity index (χ2n) is 6.69. The summed E-state index contributed by atoms with van der Waals surface area (Å²) < 4.78 is 0. The van der Waals surface area contributed by atoms with Gasteiger partial charge in [-0.15, -0.1) is 0 Å². The smallest absolute Gasteiger partial charge is 0.00684 e. The average Bonchev–Trinajstić information content (AvgIpc) is 3.28. The molecule has 20 heavy (non-hydrogen) atoms. The van der Waals surface area contributed by atoms with Gasteiger partial charge in [-0.05, 0) is 41.7 Å². The zero-order valence-corrected chi connectivity index (χ0v) is 13.7. The monoisotopic (exact) mass is 273 g/mol. The van der Waals surface area contributed by atoms with Crippen LogP contribution in [0.1, 0.15) is 76.3 Å². The van der Waals surface area contributed by atoms with Crippen molar-refractivity contribution in [2.24, 2.45) is 5.92 Å². The Bertz CT molecular complexity index is 385. The van der Waals surface area contributed by atoms with Crippen molar-refractivity contribution < 1.29 is 0 Å². The third kappa shape index (κ3) is 4.09. The normalized spacial score (nSPS) is 16.9. The van der Waals surface area contributed by atoms with Crippen molar-refractivity contribution >= 4 is 0 Å². The second kappa shape index (κ2) is 7.26. The summed E-state index contributed by atoms with van der Waals surface area (Å²) >= 11 is 0. The Morgan fingerprint density at radius 2 is 1.55 bits per heavy atom. The van der Waals surface area contributed by atoms with Crippen LogP contribution in [0, 0.1) is 5.92 Å². The van der Waals surface area contributed by atoms with Crippen LogP contribution < -0.4 is 5.32 Å². The van der Waals surface area contributed by atoms with Crippen LogP contribution in [-0.4, -0.2) is 12.6 Å². The molecule has 1 nitrogen and oxygen atoms in total. The zero-order chi connectivity index (χ0) is 14.5. The quantitative estimate of drug-likeness (QED) is 0.696.